The van der Waals surface area contributed by atoms with Gasteiger partial charge in [-0.3, -0.25) is 14.4 Å². The molecule has 75 heavy (non-hydrogen) atoms. The van der Waals surface area contributed by atoms with Crippen molar-refractivity contribution in [1.29, 1.82) is 0 Å². The third-order valence-electron chi connectivity index (χ3n) is 15.1. The lowest BCUT2D eigenvalue weighted by molar-refractivity contribution is -0.167. The predicted octanol–water partition coefficient (Wildman–Crippen LogP) is 22.8. The molecule has 1 atom stereocenters. The summed E-state index contributed by atoms with van der Waals surface area (Å²) in [5.41, 5.74) is 0. The van der Waals surface area contributed by atoms with Crippen LogP contribution >= 0.6 is 0 Å². The molecule has 0 bridgehead atoms. The number of ether oxygens (including phenoxy) is 3. The lowest BCUT2D eigenvalue weighted by atomic mass is 10.0. The molecular formula is C69H128O6. The summed E-state index contributed by atoms with van der Waals surface area (Å²) in [7, 11) is 0. The van der Waals surface area contributed by atoms with Crippen LogP contribution in [-0.4, -0.2) is 37.2 Å². The Hall–Kier alpha value is -2.37. The lowest BCUT2D eigenvalue weighted by Crippen LogP contribution is -2.30. The summed E-state index contributed by atoms with van der Waals surface area (Å²) < 4.78 is 16.8. The van der Waals surface area contributed by atoms with Gasteiger partial charge in [-0.2, -0.15) is 0 Å². The van der Waals surface area contributed by atoms with E-state index < -0.39 is 6.10 Å². The second-order valence-corrected chi connectivity index (χ2v) is 22.7. The van der Waals surface area contributed by atoms with Crippen LogP contribution in [0.15, 0.2) is 36.5 Å². The van der Waals surface area contributed by atoms with Gasteiger partial charge in [0, 0.05) is 19.3 Å². The zero-order chi connectivity index (χ0) is 54.3. The van der Waals surface area contributed by atoms with Crippen molar-refractivity contribution >= 4 is 17.9 Å². The average molecular weight is 1050 g/mol. The van der Waals surface area contributed by atoms with Gasteiger partial charge < -0.3 is 14.2 Å². The Morgan fingerprint density at radius 1 is 0.267 bits per heavy atom. The molecule has 0 saturated carbocycles. The molecule has 6 nitrogen and oxygen atoms in total. The van der Waals surface area contributed by atoms with Gasteiger partial charge in [-0.25, -0.2) is 0 Å². The van der Waals surface area contributed by atoms with Crippen LogP contribution in [0.25, 0.3) is 0 Å². The molecule has 0 aromatic rings. The van der Waals surface area contributed by atoms with E-state index in [1.54, 1.807) is 0 Å². The summed E-state index contributed by atoms with van der Waals surface area (Å²) in [6, 6.07) is 0. The van der Waals surface area contributed by atoms with E-state index in [4.69, 9.17) is 14.2 Å². The van der Waals surface area contributed by atoms with Gasteiger partial charge in [0.25, 0.3) is 0 Å². The summed E-state index contributed by atoms with van der Waals surface area (Å²) in [6.07, 6.45) is 79.5. The minimum Gasteiger partial charge on any atom is -0.462 e. The minimum atomic E-state index is -0.767. The van der Waals surface area contributed by atoms with E-state index >= 15 is 0 Å². The highest BCUT2D eigenvalue weighted by molar-refractivity contribution is 5.71. The molecule has 0 aromatic heterocycles. The maximum Gasteiger partial charge on any atom is 0.306 e. The molecule has 0 saturated heterocycles. The fourth-order valence-electron chi connectivity index (χ4n) is 10.1. The lowest BCUT2D eigenvalue weighted by Gasteiger charge is -2.18. The van der Waals surface area contributed by atoms with E-state index in [1.807, 2.05) is 0 Å². The molecule has 0 rings (SSSR count). The van der Waals surface area contributed by atoms with Crippen LogP contribution < -0.4 is 0 Å². The zero-order valence-electron chi connectivity index (χ0n) is 50.6. The first-order chi connectivity index (χ1) is 37.0. The summed E-state index contributed by atoms with van der Waals surface area (Å²) in [4.78, 5) is 37.9. The monoisotopic (exact) mass is 1050 g/mol. The van der Waals surface area contributed by atoms with Crippen molar-refractivity contribution in [2.45, 2.75) is 374 Å². The smallest absolute Gasteiger partial charge is 0.306 e. The van der Waals surface area contributed by atoms with Gasteiger partial charge >= 0.3 is 17.9 Å². The van der Waals surface area contributed by atoms with E-state index in [1.165, 1.54) is 257 Å². The number of rotatable bonds is 62. The third kappa shape index (κ3) is 62.4. The fourth-order valence-corrected chi connectivity index (χ4v) is 10.1. The first-order valence-electron chi connectivity index (χ1n) is 33.5. The fraction of sp³-hybridized carbons (Fsp3) is 0.870. The van der Waals surface area contributed by atoms with Gasteiger partial charge in [0.05, 0.1) is 0 Å². The summed E-state index contributed by atoms with van der Waals surface area (Å²) in [6.45, 7) is 6.59. The first-order valence-corrected chi connectivity index (χ1v) is 33.5. The Morgan fingerprint density at radius 3 is 0.747 bits per heavy atom. The average Bonchev–Trinajstić information content (AvgIpc) is 3.41. The molecule has 1 unspecified atom stereocenters. The Labute approximate surface area is 467 Å². The van der Waals surface area contributed by atoms with E-state index in [2.05, 4.69) is 57.2 Å². The van der Waals surface area contributed by atoms with Crippen LogP contribution in [0.5, 0.6) is 0 Å². The molecule has 0 amide bonds. The molecule has 440 valence electrons. The maximum absolute atomic E-state index is 12.8. The van der Waals surface area contributed by atoms with E-state index in [0.717, 1.165) is 70.6 Å². The topological polar surface area (TPSA) is 78.9 Å². The van der Waals surface area contributed by atoms with Gasteiger partial charge in [0.2, 0.25) is 0 Å². The van der Waals surface area contributed by atoms with Gasteiger partial charge in [-0.05, 0) is 77.0 Å². The second-order valence-electron chi connectivity index (χ2n) is 22.7. The number of allylic oxidation sites excluding steroid dienone is 6. The number of hydrogen-bond acceptors (Lipinski definition) is 6. The Morgan fingerprint density at radius 2 is 0.480 bits per heavy atom. The standard InChI is InChI=1S/C69H128O6/c1-4-7-10-13-15-17-19-21-23-25-26-27-28-29-30-31-32-33-34-35-36-37-38-39-40-41-42-44-45-47-49-51-53-56-59-62-68(71)74-65-66(64-73-67(70)61-58-55-12-9-6-3)75-69(72)63-60-57-54-52-50-48-46-43-24-22-20-18-16-14-11-8-5-2/h19,21-22,24-26,66H,4-18,20,23,27-65H2,1-3H3/b21-19-,24-22-,26-25-. The highest BCUT2D eigenvalue weighted by Crippen LogP contribution is 2.18. The van der Waals surface area contributed by atoms with Crippen LogP contribution in [0.2, 0.25) is 0 Å². The minimum absolute atomic E-state index is 0.0693. The predicted molar refractivity (Wildman–Crippen MR) is 326 cm³/mol. The molecule has 0 radical (unpaired) electrons. The molecule has 0 aliphatic rings. The van der Waals surface area contributed by atoms with E-state index in [-0.39, 0.29) is 31.1 Å². The Bertz CT molecular complexity index is 1250. The Balaban J connectivity index is 3.86. The van der Waals surface area contributed by atoms with Crippen molar-refractivity contribution in [3.63, 3.8) is 0 Å². The van der Waals surface area contributed by atoms with E-state index in [0.29, 0.717) is 19.3 Å². The largest absolute Gasteiger partial charge is 0.462 e. The molecule has 0 spiro atoms. The molecule has 0 aliphatic carbocycles. The second kappa shape index (κ2) is 64.2. The number of carbonyl (C=O) groups excluding carboxylic acids is 3. The van der Waals surface area contributed by atoms with Gasteiger partial charge in [-0.1, -0.05) is 308 Å². The highest BCUT2D eigenvalue weighted by atomic mass is 16.6. The number of unbranched alkanes of at least 4 members (excludes halogenated alkanes) is 45. The molecule has 6 heteroatoms. The van der Waals surface area contributed by atoms with Crippen molar-refractivity contribution in [3.05, 3.63) is 36.5 Å². The van der Waals surface area contributed by atoms with Crippen LogP contribution in [0.3, 0.4) is 0 Å². The molecular weight excluding hydrogens is 925 g/mol. The highest BCUT2D eigenvalue weighted by Gasteiger charge is 2.19. The van der Waals surface area contributed by atoms with Gasteiger partial charge in [0.1, 0.15) is 13.2 Å². The molecule has 0 aromatic carbocycles. The number of carbonyl (C=O) groups is 3. The van der Waals surface area contributed by atoms with Crippen LogP contribution in [0, 0.1) is 0 Å². The number of hydrogen-bond donors (Lipinski definition) is 0. The summed E-state index contributed by atoms with van der Waals surface area (Å²) in [5.74, 6) is -0.867. The zero-order valence-corrected chi connectivity index (χ0v) is 50.6. The van der Waals surface area contributed by atoms with Crippen molar-refractivity contribution in [2.75, 3.05) is 13.2 Å². The summed E-state index contributed by atoms with van der Waals surface area (Å²) >= 11 is 0. The van der Waals surface area contributed by atoms with Crippen LogP contribution in [0.4, 0.5) is 0 Å². The van der Waals surface area contributed by atoms with Crippen molar-refractivity contribution in [2.24, 2.45) is 0 Å². The van der Waals surface area contributed by atoms with Gasteiger partial charge in [-0.15, -0.1) is 0 Å². The molecule has 0 fully saturated rings. The van der Waals surface area contributed by atoms with E-state index in [9.17, 15) is 14.4 Å². The normalized spacial score (nSPS) is 12.2. The summed E-state index contributed by atoms with van der Waals surface area (Å²) in [5, 5.41) is 0. The Kier molecular flexibility index (Phi) is 62.1. The van der Waals surface area contributed by atoms with Crippen molar-refractivity contribution < 1.29 is 28.6 Å². The molecule has 0 N–H and O–H groups in total. The van der Waals surface area contributed by atoms with Crippen molar-refractivity contribution in [1.82, 2.24) is 0 Å². The van der Waals surface area contributed by atoms with Crippen molar-refractivity contribution in [3.8, 4) is 0 Å². The molecule has 0 aliphatic heterocycles. The van der Waals surface area contributed by atoms with Crippen LogP contribution in [0.1, 0.15) is 367 Å². The maximum atomic E-state index is 12.8. The third-order valence-corrected chi connectivity index (χ3v) is 15.1. The molecule has 0 heterocycles. The first kappa shape index (κ1) is 72.6. The number of esters is 3. The van der Waals surface area contributed by atoms with Gasteiger partial charge in [0.15, 0.2) is 6.10 Å². The van der Waals surface area contributed by atoms with Crippen LogP contribution in [-0.2, 0) is 28.6 Å². The quantitative estimate of drug-likeness (QED) is 0.0261. The SMILES string of the molecule is CCCCCCC/C=C\C/C=C\CCCCCCCCCCCCCCCCCCCCCCCCCC(=O)OCC(COC(=O)CCCCCCC)OC(=O)CCCCCCCCC/C=C\CCCCCCCC.